The molecule has 1 amide bonds. The number of nitrogens with zero attached hydrogens (tertiary/aromatic N) is 1. The SMILES string of the molecule is NC1CCC(C(=O)Nc2nc(-c3ccco3)cs2)C1. The Hall–Kier alpha value is -1.66. The summed E-state index contributed by atoms with van der Waals surface area (Å²) >= 11 is 1.40. The number of carbonyl (C=O) groups is 1. The van der Waals surface area contributed by atoms with Crippen LogP contribution in [0, 0.1) is 5.92 Å². The van der Waals surface area contributed by atoms with E-state index < -0.39 is 0 Å². The minimum absolute atomic E-state index is 0.0194. The van der Waals surface area contributed by atoms with Crippen molar-refractivity contribution in [2.75, 3.05) is 5.32 Å². The van der Waals surface area contributed by atoms with Crippen molar-refractivity contribution >= 4 is 22.4 Å². The molecule has 3 rings (SSSR count). The Bertz CT molecular complexity index is 564. The van der Waals surface area contributed by atoms with Crippen molar-refractivity contribution in [1.29, 1.82) is 0 Å². The molecular weight excluding hydrogens is 262 g/mol. The molecule has 100 valence electrons. The fourth-order valence-electron chi connectivity index (χ4n) is 2.33. The van der Waals surface area contributed by atoms with E-state index in [1.54, 1.807) is 6.26 Å². The maximum Gasteiger partial charge on any atom is 0.229 e. The first-order valence-corrected chi connectivity index (χ1v) is 7.16. The van der Waals surface area contributed by atoms with E-state index in [0.29, 0.717) is 10.9 Å². The number of amides is 1. The summed E-state index contributed by atoms with van der Waals surface area (Å²) in [5.41, 5.74) is 6.56. The average molecular weight is 277 g/mol. The lowest BCUT2D eigenvalue weighted by Crippen LogP contribution is -2.23. The third-order valence-electron chi connectivity index (χ3n) is 3.35. The first kappa shape index (κ1) is 12.4. The van der Waals surface area contributed by atoms with Crippen LogP contribution in [0.3, 0.4) is 0 Å². The van der Waals surface area contributed by atoms with Gasteiger partial charge in [-0.1, -0.05) is 0 Å². The monoisotopic (exact) mass is 277 g/mol. The van der Waals surface area contributed by atoms with Crippen LogP contribution in [-0.2, 0) is 4.79 Å². The molecule has 1 aliphatic rings. The van der Waals surface area contributed by atoms with Crippen molar-refractivity contribution in [2.45, 2.75) is 25.3 Å². The second kappa shape index (κ2) is 5.14. The summed E-state index contributed by atoms with van der Waals surface area (Å²) in [4.78, 5) is 16.4. The number of hydrogen-bond acceptors (Lipinski definition) is 5. The number of furan rings is 1. The molecule has 1 aliphatic carbocycles. The topological polar surface area (TPSA) is 81.2 Å². The van der Waals surface area contributed by atoms with Crippen molar-refractivity contribution in [1.82, 2.24) is 4.98 Å². The summed E-state index contributed by atoms with van der Waals surface area (Å²) in [5, 5.41) is 5.34. The van der Waals surface area contributed by atoms with Crippen LogP contribution in [0.4, 0.5) is 5.13 Å². The molecule has 2 heterocycles. The van der Waals surface area contributed by atoms with Crippen LogP contribution in [0.15, 0.2) is 28.2 Å². The Morgan fingerprint density at radius 1 is 1.53 bits per heavy atom. The summed E-state index contributed by atoms with van der Waals surface area (Å²) in [6.07, 6.45) is 4.16. The minimum atomic E-state index is 0.0194. The lowest BCUT2D eigenvalue weighted by molar-refractivity contribution is -0.119. The van der Waals surface area contributed by atoms with Crippen molar-refractivity contribution < 1.29 is 9.21 Å². The molecule has 2 aromatic rings. The maximum atomic E-state index is 12.0. The molecule has 2 aromatic heterocycles. The second-order valence-electron chi connectivity index (χ2n) is 4.77. The van der Waals surface area contributed by atoms with Crippen molar-refractivity contribution in [3.05, 3.63) is 23.8 Å². The number of carbonyl (C=O) groups excluding carboxylic acids is 1. The molecule has 0 saturated heterocycles. The molecule has 6 heteroatoms. The first-order valence-electron chi connectivity index (χ1n) is 6.28. The van der Waals surface area contributed by atoms with Crippen LogP contribution in [0.5, 0.6) is 0 Å². The van der Waals surface area contributed by atoms with Gasteiger partial charge in [0.05, 0.1) is 6.26 Å². The third kappa shape index (κ3) is 2.69. The summed E-state index contributed by atoms with van der Waals surface area (Å²) in [6.45, 7) is 0. The van der Waals surface area contributed by atoms with Gasteiger partial charge in [0.2, 0.25) is 5.91 Å². The minimum Gasteiger partial charge on any atom is -0.463 e. The Balaban J connectivity index is 1.66. The number of nitrogens with two attached hydrogens (primary N) is 1. The number of thiazole rings is 1. The first-order chi connectivity index (χ1) is 9.22. The van der Waals surface area contributed by atoms with Gasteiger partial charge in [-0.3, -0.25) is 4.79 Å². The highest BCUT2D eigenvalue weighted by Gasteiger charge is 2.28. The molecule has 2 unspecified atom stereocenters. The van der Waals surface area contributed by atoms with E-state index in [4.69, 9.17) is 10.2 Å². The lowest BCUT2D eigenvalue weighted by Gasteiger charge is -2.08. The number of hydrogen-bond donors (Lipinski definition) is 2. The number of nitrogens with one attached hydrogen (secondary N) is 1. The van der Waals surface area contributed by atoms with Gasteiger partial charge in [-0.15, -0.1) is 11.3 Å². The molecule has 0 radical (unpaired) electrons. The smallest absolute Gasteiger partial charge is 0.229 e. The molecule has 2 atom stereocenters. The standard InChI is InChI=1S/C13H15N3O2S/c14-9-4-3-8(6-9)12(17)16-13-15-10(7-19-13)11-2-1-5-18-11/h1-2,5,7-9H,3-4,6,14H2,(H,15,16,17). The van der Waals surface area contributed by atoms with Gasteiger partial charge in [0, 0.05) is 17.3 Å². The van der Waals surface area contributed by atoms with Crippen LogP contribution in [0.25, 0.3) is 11.5 Å². The summed E-state index contributed by atoms with van der Waals surface area (Å²) in [5.74, 6) is 0.749. The fourth-order valence-corrected chi connectivity index (χ4v) is 3.03. The van der Waals surface area contributed by atoms with Gasteiger partial charge in [0.1, 0.15) is 5.69 Å². The molecule has 3 N–H and O–H groups in total. The molecule has 0 aromatic carbocycles. The Morgan fingerprint density at radius 2 is 2.42 bits per heavy atom. The zero-order chi connectivity index (χ0) is 13.2. The lowest BCUT2D eigenvalue weighted by atomic mass is 10.1. The maximum absolute atomic E-state index is 12.0. The molecule has 5 nitrogen and oxygen atoms in total. The van der Waals surface area contributed by atoms with E-state index in [1.807, 2.05) is 17.5 Å². The van der Waals surface area contributed by atoms with Crippen LogP contribution in [0.1, 0.15) is 19.3 Å². The van der Waals surface area contributed by atoms with Gasteiger partial charge in [0.25, 0.3) is 0 Å². The van der Waals surface area contributed by atoms with Crippen LogP contribution in [0.2, 0.25) is 0 Å². The zero-order valence-electron chi connectivity index (χ0n) is 10.3. The van der Waals surface area contributed by atoms with E-state index in [9.17, 15) is 4.79 Å². The third-order valence-corrected chi connectivity index (χ3v) is 4.11. The van der Waals surface area contributed by atoms with Crippen LogP contribution >= 0.6 is 11.3 Å². The summed E-state index contributed by atoms with van der Waals surface area (Å²) in [6, 6.07) is 3.81. The predicted octanol–water partition coefficient (Wildman–Crippen LogP) is 2.47. The van der Waals surface area contributed by atoms with Crippen LogP contribution < -0.4 is 11.1 Å². The predicted molar refractivity (Wildman–Crippen MR) is 73.8 cm³/mol. The molecule has 19 heavy (non-hydrogen) atoms. The van der Waals surface area contributed by atoms with Crippen molar-refractivity contribution in [2.24, 2.45) is 11.7 Å². The summed E-state index contributed by atoms with van der Waals surface area (Å²) in [7, 11) is 0. The van der Waals surface area contributed by atoms with Gasteiger partial charge in [-0.2, -0.15) is 0 Å². The Kier molecular flexibility index (Phi) is 3.35. The molecule has 1 fully saturated rings. The molecular formula is C13H15N3O2S. The Labute approximate surface area is 114 Å². The van der Waals surface area contributed by atoms with E-state index in [0.717, 1.165) is 25.0 Å². The zero-order valence-corrected chi connectivity index (χ0v) is 11.2. The van der Waals surface area contributed by atoms with Crippen molar-refractivity contribution in [3.63, 3.8) is 0 Å². The number of rotatable bonds is 3. The van der Waals surface area contributed by atoms with E-state index in [-0.39, 0.29) is 17.9 Å². The number of aromatic nitrogens is 1. The summed E-state index contributed by atoms with van der Waals surface area (Å²) < 4.78 is 5.27. The number of anilines is 1. The van der Waals surface area contributed by atoms with Gasteiger partial charge in [0.15, 0.2) is 10.9 Å². The van der Waals surface area contributed by atoms with Gasteiger partial charge in [-0.05, 0) is 31.4 Å². The Morgan fingerprint density at radius 3 is 3.11 bits per heavy atom. The molecule has 0 aliphatic heterocycles. The highest BCUT2D eigenvalue weighted by Crippen LogP contribution is 2.28. The largest absolute Gasteiger partial charge is 0.463 e. The van der Waals surface area contributed by atoms with Gasteiger partial charge in [-0.25, -0.2) is 4.98 Å². The second-order valence-corrected chi connectivity index (χ2v) is 5.63. The van der Waals surface area contributed by atoms with Crippen molar-refractivity contribution in [3.8, 4) is 11.5 Å². The normalized spacial score (nSPS) is 22.6. The fraction of sp³-hybridized carbons (Fsp3) is 0.385. The van der Waals surface area contributed by atoms with Gasteiger partial charge >= 0.3 is 0 Å². The van der Waals surface area contributed by atoms with E-state index in [1.165, 1.54) is 11.3 Å². The highest BCUT2D eigenvalue weighted by atomic mass is 32.1. The van der Waals surface area contributed by atoms with Crippen LogP contribution in [-0.4, -0.2) is 16.9 Å². The quantitative estimate of drug-likeness (QED) is 0.903. The van der Waals surface area contributed by atoms with E-state index in [2.05, 4.69) is 10.3 Å². The van der Waals surface area contributed by atoms with E-state index >= 15 is 0 Å². The average Bonchev–Trinajstić information content (AvgIpc) is 3.07. The molecule has 0 bridgehead atoms. The van der Waals surface area contributed by atoms with Gasteiger partial charge < -0.3 is 15.5 Å². The highest BCUT2D eigenvalue weighted by molar-refractivity contribution is 7.14. The molecule has 1 saturated carbocycles. The molecule has 0 spiro atoms.